The summed E-state index contributed by atoms with van der Waals surface area (Å²) in [5.74, 6) is 1.80. The van der Waals surface area contributed by atoms with Gasteiger partial charge in [0.05, 0.1) is 6.61 Å². The average molecular weight is 307 g/mol. The summed E-state index contributed by atoms with van der Waals surface area (Å²) in [5.41, 5.74) is 2.24. The Morgan fingerprint density at radius 3 is 2.87 bits per heavy atom. The average Bonchev–Trinajstić information content (AvgIpc) is 3.03. The minimum Gasteiger partial charge on any atom is -0.493 e. The third kappa shape index (κ3) is 3.10. The van der Waals surface area contributed by atoms with E-state index in [2.05, 4.69) is 47.8 Å². The van der Waals surface area contributed by atoms with E-state index < -0.39 is 0 Å². The predicted molar refractivity (Wildman–Crippen MR) is 92.0 cm³/mol. The van der Waals surface area contributed by atoms with Crippen molar-refractivity contribution in [3.63, 3.8) is 0 Å². The molecule has 3 heteroatoms. The summed E-state index contributed by atoms with van der Waals surface area (Å²) in [6, 6.07) is 16.5. The molecular weight excluding hydrogens is 286 g/mol. The van der Waals surface area contributed by atoms with Crippen LogP contribution in [0, 0.1) is 0 Å². The van der Waals surface area contributed by atoms with Crippen molar-refractivity contribution in [2.45, 2.75) is 18.4 Å². The Bertz CT molecular complexity index is 703. The van der Waals surface area contributed by atoms with E-state index in [1.165, 1.54) is 5.56 Å². The first-order valence-corrected chi connectivity index (χ1v) is 8.23. The van der Waals surface area contributed by atoms with Crippen molar-refractivity contribution in [1.82, 2.24) is 5.32 Å². The highest BCUT2D eigenvalue weighted by Crippen LogP contribution is 2.36. The SMILES string of the molecule is C1=C[C@]2(CCNC2)Oc2cc(OCCc3ccccc3)ccc21. The number of nitrogens with one attached hydrogen (secondary N) is 1. The molecule has 1 N–H and O–H groups in total. The van der Waals surface area contributed by atoms with E-state index in [9.17, 15) is 0 Å². The zero-order valence-electron chi connectivity index (χ0n) is 13.1. The first kappa shape index (κ1) is 14.3. The fraction of sp³-hybridized carbons (Fsp3) is 0.300. The first-order valence-electron chi connectivity index (χ1n) is 8.23. The summed E-state index contributed by atoms with van der Waals surface area (Å²) in [6.07, 6.45) is 6.28. The van der Waals surface area contributed by atoms with Gasteiger partial charge in [0.1, 0.15) is 17.1 Å². The van der Waals surface area contributed by atoms with Crippen LogP contribution >= 0.6 is 0 Å². The molecule has 0 aliphatic carbocycles. The summed E-state index contributed by atoms with van der Waals surface area (Å²) >= 11 is 0. The fourth-order valence-corrected chi connectivity index (χ4v) is 3.17. The lowest BCUT2D eigenvalue weighted by Gasteiger charge is -2.30. The fourth-order valence-electron chi connectivity index (χ4n) is 3.17. The molecule has 0 aromatic heterocycles. The Morgan fingerprint density at radius 2 is 2.04 bits per heavy atom. The summed E-state index contributed by atoms with van der Waals surface area (Å²) in [6.45, 7) is 2.56. The minimum absolute atomic E-state index is 0.171. The molecule has 1 spiro atoms. The molecule has 1 fully saturated rings. The molecule has 2 aliphatic rings. The molecule has 2 aliphatic heterocycles. The Morgan fingerprint density at radius 1 is 1.13 bits per heavy atom. The Hall–Kier alpha value is -2.26. The zero-order valence-corrected chi connectivity index (χ0v) is 13.1. The van der Waals surface area contributed by atoms with Gasteiger partial charge in [-0.15, -0.1) is 0 Å². The predicted octanol–water partition coefficient (Wildman–Crippen LogP) is 3.45. The quantitative estimate of drug-likeness (QED) is 0.938. The van der Waals surface area contributed by atoms with Crippen LogP contribution in [0.3, 0.4) is 0 Å². The van der Waals surface area contributed by atoms with Crippen LogP contribution in [-0.2, 0) is 6.42 Å². The van der Waals surface area contributed by atoms with Crippen molar-refractivity contribution in [3.8, 4) is 11.5 Å². The topological polar surface area (TPSA) is 30.5 Å². The Balaban J connectivity index is 1.42. The number of benzene rings is 2. The molecule has 118 valence electrons. The van der Waals surface area contributed by atoms with Crippen LogP contribution in [0.5, 0.6) is 11.5 Å². The molecule has 0 saturated carbocycles. The molecule has 0 radical (unpaired) electrons. The van der Waals surface area contributed by atoms with Crippen molar-refractivity contribution < 1.29 is 9.47 Å². The van der Waals surface area contributed by atoms with E-state index in [-0.39, 0.29) is 5.60 Å². The maximum atomic E-state index is 6.26. The van der Waals surface area contributed by atoms with Gasteiger partial charge >= 0.3 is 0 Å². The highest BCUT2D eigenvalue weighted by molar-refractivity contribution is 5.63. The van der Waals surface area contributed by atoms with Gasteiger partial charge in [0.15, 0.2) is 0 Å². The van der Waals surface area contributed by atoms with Gasteiger partial charge in [-0.3, -0.25) is 0 Å². The van der Waals surface area contributed by atoms with Gasteiger partial charge in [-0.25, -0.2) is 0 Å². The van der Waals surface area contributed by atoms with Crippen molar-refractivity contribution in [2.75, 3.05) is 19.7 Å². The van der Waals surface area contributed by atoms with Gasteiger partial charge in [-0.2, -0.15) is 0 Å². The van der Waals surface area contributed by atoms with Gasteiger partial charge in [0.2, 0.25) is 0 Å². The lowest BCUT2D eigenvalue weighted by molar-refractivity contribution is 0.138. The van der Waals surface area contributed by atoms with Crippen LogP contribution in [-0.4, -0.2) is 25.3 Å². The van der Waals surface area contributed by atoms with Crippen LogP contribution < -0.4 is 14.8 Å². The molecular formula is C20H21NO2. The Labute approximate surface area is 136 Å². The van der Waals surface area contributed by atoms with E-state index in [0.29, 0.717) is 6.61 Å². The third-order valence-corrected chi connectivity index (χ3v) is 4.52. The van der Waals surface area contributed by atoms with Crippen molar-refractivity contribution in [3.05, 3.63) is 65.7 Å². The summed E-state index contributed by atoms with van der Waals surface area (Å²) in [5, 5.41) is 3.37. The van der Waals surface area contributed by atoms with Crippen molar-refractivity contribution in [2.24, 2.45) is 0 Å². The number of hydrogen-bond acceptors (Lipinski definition) is 3. The lowest BCUT2D eigenvalue weighted by Crippen LogP contribution is -2.37. The van der Waals surface area contributed by atoms with E-state index in [4.69, 9.17) is 9.47 Å². The molecule has 1 saturated heterocycles. The summed E-state index contributed by atoms with van der Waals surface area (Å²) in [7, 11) is 0. The first-order chi connectivity index (χ1) is 11.3. The molecule has 1 atom stereocenters. The molecule has 4 rings (SSSR count). The monoisotopic (exact) mass is 307 g/mol. The lowest BCUT2D eigenvalue weighted by atomic mass is 9.97. The van der Waals surface area contributed by atoms with Crippen molar-refractivity contribution in [1.29, 1.82) is 0 Å². The Kier molecular flexibility index (Phi) is 3.80. The largest absolute Gasteiger partial charge is 0.493 e. The molecule has 2 aromatic rings. The highest BCUT2D eigenvalue weighted by Gasteiger charge is 2.35. The van der Waals surface area contributed by atoms with Crippen molar-refractivity contribution >= 4 is 6.08 Å². The van der Waals surface area contributed by atoms with Crippen LogP contribution in [0.15, 0.2) is 54.6 Å². The van der Waals surface area contributed by atoms with Crippen LogP contribution in [0.1, 0.15) is 17.5 Å². The van der Waals surface area contributed by atoms with E-state index in [1.807, 2.05) is 18.2 Å². The number of rotatable bonds is 4. The second-order valence-corrected chi connectivity index (χ2v) is 6.21. The second kappa shape index (κ2) is 6.09. The van der Waals surface area contributed by atoms with E-state index in [1.54, 1.807) is 0 Å². The van der Waals surface area contributed by atoms with Gasteiger partial charge in [-0.05, 0) is 30.3 Å². The second-order valence-electron chi connectivity index (χ2n) is 6.21. The number of ether oxygens (including phenoxy) is 2. The summed E-state index contributed by atoms with van der Waals surface area (Å²) < 4.78 is 12.2. The smallest absolute Gasteiger partial charge is 0.141 e. The standard InChI is InChI=1S/C20H21NO2/c1-2-4-16(5-3-1)9-13-22-18-7-6-17-8-10-20(11-12-21-15-20)23-19(17)14-18/h1-8,10,14,21H,9,11-13,15H2/t20-/m1/s1. The zero-order chi connectivity index (χ0) is 15.5. The number of hydrogen-bond donors (Lipinski definition) is 1. The number of fused-ring (bicyclic) bond motifs is 1. The molecule has 2 heterocycles. The molecule has 3 nitrogen and oxygen atoms in total. The maximum absolute atomic E-state index is 6.26. The van der Waals surface area contributed by atoms with Crippen LogP contribution in [0.4, 0.5) is 0 Å². The summed E-state index contributed by atoms with van der Waals surface area (Å²) in [4.78, 5) is 0. The highest BCUT2D eigenvalue weighted by atomic mass is 16.5. The molecule has 0 unspecified atom stereocenters. The molecule has 0 bridgehead atoms. The minimum atomic E-state index is -0.171. The van der Waals surface area contributed by atoms with Gasteiger partial charge in [-0.1, -0.05) is 36.4 Å². The van der Waals surface area contributed by atoms with Gasteiger partial charge in [0, 0.05) is 31.0 Å². The van der Waals surface area contributed by atoms with Crippen LogP contribution in [0.2, 0.25) is 0 Å². The maximum Gasteiger partial charge on any atom is 0.141 e. The van der Waals surface area contributed by atoms with Crippen LogP contribution in [0.25, 0.3) is 6.08 Å². The molecule has 0 amide bonds. The van der Waals surface area contributed by atoms with E-state index in [0.717, 1.165) is 43.0 Å². The molecule has 23 heavy (non-hydrogen) atoms. The third-order valence-electron chi connectivity index (χ3n) is 4.52. The van der Waals surface area contributed by atoms with Gasteiger partial charge in [0.25, 0.3) is 0 Å². The normalized spacial score (nSPS) is 21.9. The molecule has 2 aromatic carbocycles. The van der Waals surface area contributed by atoms with Gasteiger partial charge < -0.3 is 14.8 Å². The van der Waals surface area contributed by atoms with E-state index >= 15 is 0 Å².